The number of benzene rings is 1. The van der Waals surface area contributed by atoms with Crippen LogP contribution in [0, 0.1) is 12.8 Å². The molecule has 2 saturated heterocycles. The maximum absolute atomic E-state index is 5.51. The fourth-order valence-corrected chi connectivity index (χ4v) is 4.07. The smallest absolute Gasteiger partial charge is 0.193 e. The van der Waals surface area contributed by atoms with E-state index in [4.69, 9.17) is 4.74 Å². The number of halogens is 1. The van der Waals surface area contributed by atoms with E-state index in [0.717, 1.165) is 38.7 Å². The zero-order valence-corrected chi connectivity index (χ0v) is 19.3. The summed E-state index contributed by atoms with van der Waals surface area (Å²) >= 11 is 0. The van der Waals surface area contributed by atoms with Gasteiger partial charge in [0.25, 0.3) is 0 Å². The lowest BCUT2D eigenvalue weighted by molar-refractivity contribution is 0.181. The minimum Gasteiger partial charge on any atom is -0.381 e. The molecule has 152 valence electrons. The molecule has 1 aromatic rings. The standard InChI is InChI=1S/C21H34N4O.HI/c1-17-6-8-19(9-7-17)20(25-11-4-5-12-25)14-23-21(22-2)24(3)15-18-10-13-26-16-18;/h6-9,18,20H,4-5,10-16H2,1-3H3,(H,22,23);1H. The van der Waals surface area contributed by atoms with Crippen molar-refractivity contribution in [3.05, 3.63) is 35.4 Å². The Bertz CT molecular complexity index is 580. The minimum atomic E-state index is 0. The van der Waals surface area contributed by atoms with Crippen molar-refractivity contribution in [3.8, 4) is 0 Å². The SMILES string of the molecule is CN=C(NCC(c1ccc(C)cc1)N1CCCC1)N(C)CC1CCOC1.I. The maximum atomic E-state index is 5.51. The molecule has 2 atom stereocenters. The Morgan fingerprint density at radius 3 is 2.59 bits per heavy atom. The number of hydrogen-bond donors (Lipinski definition) is 1. The molecule has 1 N–H and O–H groups in total. The quantitative estimate of drug-likeness (QED) is 0.381. The summed E-state index contributed by atoms with van der Waals surface area (Å²) in [6, 6.07) is 9.40. The van der Waals surface area contributed by atoms with E-state index in [1.165, 1.54) is 37.1 Å². The molecule has 0 aliphatic carbocycles. The van der Waals surface area contributed by atoms with Crippen LogP contribution < -0.4 is 5.32 Å². The highest BCUT2D eigenvalue weighted by Crippen LogP contribution is 2.25. The third-order valence-corrected chi connectivity index (χ3v) is 5.63. The number of hydrogen-bond acceptors (Lipinski definition) is 3. The largest absolute Gasteiger partial charge is 0.381 e. The van der Waals surface area contributed by atoms with E-state index in [1.54, 1.807) is 0 Å². The zero-order valence-electron chi connectivity index (χ0n) is 17.0. The Labute approximate surface area is 181 Å². The number of guanidine groups is 1. The van der Waals surface area contributed by atoms with Gasteiger partial charge in [0.15, 0.2) is 5.96 Å². The number of nitrogens with one attached hydrogen (secondary N) is 1. The van der Waals surface area contributed by atoms with E-state index in [9.17, 15) is 0 Å². The summed E-state index contributed by atoms with van der Waals surface area (Å²) in [6.07, 6.45) is 3.76. The second-order valence-corrected chi connectivity index (χ2v) is 7.71. The Morgan fingerprint density at radius 1 is 1.30 bits per heavy atom. The number of aliphatic imine (C=N–C) groups is 1. The van der Waals surface area contributed by atoms with E-state index >= 15 is 0 Å². The van der Waals surface area contributed by atoms with Crippen molar-refractivity contribution in [1.29, 1.82) is 0 Å². The van der Waals surface area contributed by atoms with Crippen LogP contribution in [0.2, 0.25) is 0 Å². The van der Waals surface area contributed by atoms with Gasteiger partial charge < -0.3 is 15.0 Å². The van der Waals surface area contributed by atoms with Gasteiger partial charge in [-0.25, -0.2) is 0 Å². The van der Waals surface area contributed by atoms with Crippen LogP contribution in [0.5, 0.6) is 0 Å². The molecule has 1 aromatic carbocycles. The Kier molecular flexibility index (Phi) is 9.32. The van der Waals surface area contributed by atoms with Crippen molar-refractivity contribution in [3.63, 3.8) is 0 Å². The van der Waals surface area contributed by atoms with Crippen molar-refractivity contribution in [2.24, 2.45) is 10.9 Å². The summed E-state index contributed by atoms with van der Waals surface area (Å²) in [5.41, 5.74) is 2.71. The van der Waals surface area contributed by atoms with Gasteiger partial charge >= 0.3 is 0 Å². The predicted molar refractivity (Wildman–Crippen MR) is 123 cm³/mol. The molecule has 2 unspecified atom stereocenters. The summed E-state index contributed by atoms with van der Waals surface area (Å²) in [7, 11) is 4.01. The summed E-state index contributed by atoms with van der Waals surface area (Å²) in [4.78, 5) is 9.36. The highest BCUT2D eigenvalue weighted by molar-refractivity contribution is 14.0. The topological polar surface area (TPSA) is 40.1 Å². The summed E-state index contributed by atoms with van der Waals surface area (Å²) in [5, 5.41) is 3.63. The van der Waals surface area contributed by atoms with Crippen molar-refractivity contribution >= 4 is 29.9 Å². The minimum absolute atomic E-state index is 0. The number of aryl methyl sites for hydroxylation is 1. The van der Waals surface area contributed by atoms with Gasteiger partial charge in [0, 0.05) is 39.7 Å². The maximum Gasteiger partial charge on any atom is 0.193 e. The fraction of sp³-hybridized carbons (Fsp3) is 0.667. The van der Waals surface area contributed by atoms with Crippen LogP contribution in [-0.4, -0.2) is 69.2 Å². The van der Waals surface area contributed by atoms with Crippen molar-refractivity contribution < 1.29 is 4.74 Å². The van der Waals surface area contributed by atoms with Crippen molar-refractivity contribution in [1.82, 2.24) is 15.1 Å². The van der Waals surface area contributed by atoms with E-state index in [-0.39, 0.29) is 24.0 Å². The molecule has 0 saturated carbocycles. The zero-order chi connectivity index (χ0) is 18.4. The summed E-state index contributed by atoms with van der Waals surface area (Å²) < 4.78 is 5.51. The van der Waals surface area contributed by atoms with Gasteiger partial charge in [0.05, 0.1) is 12.6 Å². The van der Waals surface area contributed by atoms with Crippen LogP contribution in [0.1, 0.15) is 36.4 Å². The van der Waals surface area contributed by atoms with E-state index in [1.807, 2.05) is 7.05 Å². The Morgan fingerprint density at radius 2 is 2.00 bits per heavy atom. The first-order valence-corrected chi connectivity index (χ1v) is 9.97. The Hall–Kier alpha value is -0.860. The summed E-state index contributed by atoms with van der Waals surface area (Å²) in [5.74, 6) is 1.60. The van der Waals surface area contributed by atoms with Gasteiger partial charge in [-0.05, 0) is 44.8 Å². The lowest BCUT2D eigenvalue weighted by Crippen LogP contribution is -2.45. The van der Waals surface area contributed by atoms with Crippen LogP contribution in [0.15, 0.2) is 29.3 Å². The number of ether oxygens (including phenoxy) is 1. The first-order valence-electron chi connectivity index (χ1n) is 9.97. The molecule has 2 aliphatic rings. The molecule has 3 rings (SSSR count). The molecule has 0 radical (unpaired) electrons. The second kappa shape index (κ2) is 11.2. The van der Waals surface area contributed by atoms with Gasteiger partial charge in [-0.3, -0.25) is 9.89 Å². The van der Waals surface area contributed by atoms with Crippen molar-refractivity contribution in [2.45, 2.75) is 32.2 Å². The fourth-order valence-electron chi connectivity index (χ4n) is 4.07. The third kappa shape index (κ3) is 6.32. The molecule has 0 aromatic heterocycles. The number of nitrogens with zero attached hydrogens (tertiary/aromatic N) is 3. The molecular weight excluding hydrogens is 451 g/mol. The first kappa shape index (κ1) is 22.4. The summed E-state index contributed by atoms with van der Waals surface area (Å²) in [6.45, 7) is 8.19. The molecule has 0 amide bonds. The molecule has 2 heterocycles. The molecule has 0 bridgehead atoms. The second-order valence-electron chi connectivity index (χ2n) is 7.71. The van der Waals surface area contributed by atoms with E-state index in [2.05, 4.69) is 58.3 Å². The van der Waals surface area contributed by atoms with Crippen LogP contribution in [-0.2, 0) is 4.74 Å². The van der Waals surface area contributed by atoms with Crippen LogP contribution >= 0.6 is 24.0 Å². The average Bonchev–Trinajstić information content (AvgIpc) is 3.34. The van der Waals surface area contributed by atoms with E-state index in [0.29, 0.717) is 12.0 Å². The molecular formula is C21H35IN4O. The normalized spacial score (nSPS) is 21.7. The monoisotopic (exact) mass is 486 g/mol. The average molecular weight is 486 g/mol. The van der Waals surface area contributed by atoms with Crippen molar-refractivity contribution in [2.75, 3.05) is 53.5 Å². The lowest BCUT2D eigenvalue weighted by Gasteiger charge is -2.31. The predicted octanol–water partition coefficient (Wildman–Crippen LogP) is 3.29. The number of rotatable bonds is 6. The van der Waals surface area contributed by atoms with Crippen LogP contribution in [0.25, 0.3) is 0 Å². The van der Waals surface area contributed by atoms with Crippen LogP contribution in [0.3, 0.4) is 0 Å². The third-order valence-electron chi connectivity index (χ3n) is 5.63. The lowest BCUT2D eigenvalue weighted by atomic mass is 10.0. The molecule has 5 nitrogen and oxygen atoms in total. The van der Waals surface area contributed by atoms with Gasteiger partial charge in [-0.1, -0.05) is 29.8 Å². The highest BCUT2D eigenvalue weighted by atomic mass is 127. The molecule has 6 heteroatoms. The molecule has 0 spiro atoms. The number of likely N-dealkylation sites (tertiary alicyclic amines) is 1. The molecule has 2 aliphatic heterocycles. The van der Waals surface area contributed by atoms with Gasteiger partial charge in [0.2, 0.25) is 0 Å². The molecule has 2 fully saturated rings. The first-order chi connectivity index (χ1) is 12.7. The van der Waals surface area contributed by atoms with Gasteiger partial charge in [-0.15, -0.1) is 24.0 Å². The van der Waals surface area contributed by atoms with Gasteiger partial charge in [-0.2, -0.15) is 0 Å². The highest BCUT2D eigenvalue weighted by Gasteiger charge is 2.24. The molecule has 27 heavy (non-hydrogen) atoms. The van der Waals surface area contributed by atoms with Crippen LogP contribution in [0.4, 0.5) is 0 Å². The Balaban J connectivity index is 0.00000261. The van der Waals surface area contributed by atoms with E-state index < -0.39 is 0 Å². The van der Waals surface area contributed by atoms with Gasteiger partial charge in [0.1, 0.15) is 0 Å².